The zero-order valence-electron chi connectivity index (χ0n) is 31.9. The molecule has 53 heavy (non-hydrogen) atoms. The number of rotatable bonds is 19. The van der Waals surface area contributed by atoms with Crippen molar-refractivity contribution >= 4 is 22.1 Å². The maximum atomic E-state index is 12.1. The van der Waals surface area contributed by atoms with E-state index in [1.165, 1.54) is 33.4 Å². The molecule has 3 unspecified atom stereocenters. The molecule has 0 N–H and O–H groups in total. The molecule has 3 atom stereocenters. The molecule has 2 aromatic heterocycles. The third kappa shape index (κ3) is 15.5. The van der Waals surface area contributed by atoms with Gasteiger partial charge in [-0.25, -0.2) is 8.42 Å². The van der Waals surface area contributed by atoms with E-state index in [4.69, 9.17) is 9.47 Å². The minimum atomic E-state index is -5.01. The van der Waals surface area contributed by atoms with E-state index in [9.17, 15) is 22.6 Å². The van der Waals surface area contributed by atoms with Crippen molar-refractivity contribution in [2.24, 2.45) is 11.8 Å². The standard InChI is InChI=1S/C22H16N2.C20H38O7S.Na/c1-3-7-21(19(5-1)17-9-13-23-14-10-17)22-8-4-2-6-20(22)18-11-15-24-16-12-18;1-5-9-11-16(7-3)14-26-19(21)13-18(28(23,24)25)20(22)27-15-17(8-4)12-10-6-2;/h1-16H;16-18H,5-15H2,1-4H3,(H,23,24,25);/q;;+1/p-1. The van der Waals surface area contributed by atoms with Crippen molar-refractivity contribution in [3.63, 3.8) is 0 Å². The Morgan fingerprint density at radius 2 is 1.04 bits per heavy atom. The summed E-state index contributed by atoms with van der Waals surface area (Å²) in [5.41, 5.74) is 7.20. The molecule has 11 heteroatoms. The number of hydrogen-bond donors (Lipinski definition) is 0. The molecule has 2 heterocycles. The molecule has 0 saturated heterocycles. The monoisotopic (exact) mass is 752 g/mol. The number of ether oxygens (including phenoxy) is 2. The average molecular weight is 753 g/mol. The third-order valence-corrected chi connectivity index (χ3v) is 10.2. The first kappa shape index (κ1) is 45.7. The molecular formula is C42H53N2NaO7S. The smallest absolute Gasteiger partial charge is 0.747 e. The average Bonchev–Trinajstić information content (AvgIpc) is 3.17. The SMILES string of the molecule is CCCCC(CC)COC(=O)CC(C(=O)OCC(CC)CCCC)S(=O)(=O)[O-].[Na+].c1ccc(-c2ccccc2-c2ccncc2)c(-c2ccncc2)c1. The van der Waals surface area contributed by atoms with Crippen LogP contribution in [0.5, 0.6) is 0 Å². The normalized spacial score (nSPS) is 12.6. The Kier molecular flexibility index (Phi) is 21.4. The number of pyridine rings is 2. The second kappa shape index (κ2) is 24.8. The summed E-state index contributed by atoms with van der Waals surface area (Å²) in [5.74, 6) is -1.74. The zero-order chi connectivity index (χ0) is 37.8. The Labute approximate surface area is 338 Å². The van der Waals surface area contributed by atoms with E-state index in [2.05, 4.69) is 72.3 Å². The Hall–Kier alpha value is -3.41. The molecule has 0 saturated carbocycles. The van der Waals surface area contributed by atoms with E-state index in [0.717, 1.165) is 51.4 Å². The van der Waals surface area contributed by atoms with E-state index in [1.807, 2.05) is 62.9 Å². The van der Waals surface area contributed by atoms with Crippen LogP contribution in [0.1, 0.15) is 85.5 Å². The van der Waals surface area contributed by atoms with Gasteiger partial charge in [-0.2, -0.15) is 0 Å². The number of benzene rings is 2. The Bertz CT molecular complexity index is 1680. The van der Waals surface area contributed by atoms with Crippen LogP contribution in [-0.4, -0.2) is 53.3 Å². The van der Waals surface area contributed by atoms with Crippen LogP contribution in [0.2, 0.25) is 0 Å². The number of carbonyl (C=O) groups is 2. The van der Waals surface area contributed by atoms with Crippen molar-refractivity contribution in [3.8, 4) is 33.4 Å². The van der Waals surface area contributed by atoms with E-state index in [-0.39, 0.29) is 54.6 Å². The van der Waals surface area contributed by atoms with Gasteiger partial charge < -0.3 is 14.0 Å². The number of hydrogen-bond acceptors (Lipinski definition) is 9. The zero-order valence-corrected chi connectivity index (χ0v) is 34.7. The summed E-state index contributed by atoms with van der Waals surface area (Å²) in [5, 5.41) is -2.06. The molecule has 0 spiro atoms. The fourth-order valence-electron chi connectivity index (χ4n) is 5.82. The summed E-state index contributed by atoms with van der Waals surface area (Å²) in [6.07, 6.45) is 13.9. The second-order valence-corrected chi connectivity index (χ2v) is 14.4. The Balaban J connectivity index is 0.000000362. The Morgan fingerprint density at radius 1 is 0.642 bits per heavy atom. The van der Waals surface area contributed by atoms with Gasteiger partial charge in [-0.1, -0.05) is 115 Å². The molecule has 0 aliphatic heterocycles. The van der Waals surface area contributed by atoms with Gasteiger partial charge in [0.15, 0.2) is 5.25 Å². The predicted octanol–water partition coefficient (Wildman–Crippen LogP) is 6.29. The molecule has 0 bridgehead atoms. The maximum Gasteiger partial charge on any atom is 1.00 e. The van der Waals surface area contributed by atoms with Gasteiger partial charge in [-0.15, -0.1) is 0 Å². The van der Waals surface area contributed by atoms with Crippen LogP contribution in [0, 0.1) is 11.8 Å². The van der Waals surface area contributed by atoms with Gasteiger partial charge in [0.05, 0.1) is 19.6 Å². The van der Waals surface area contributed by atoms with Crippen LogP contribution in [0.3, 0.4) is 0 Å². The van der Waals surface area contributed by atoms with Crippen molar-refractivity contribution < 1.29 is 61.6 Å². The largest absolute Gasteiger partial charge is 1.00 e. The summed E-state index contributed by atoms with van der Waals surface area (Å²) in [7, 11) is -5.01. The van der Waals surface area contributed by atoms with Gasteiger partial charge >= 0.3 is 41.5 Å². The predicted molar refractivity (Wildman–Crippen MR) is 205 cm³/mol. The van der Waals surface area contributed by atoms with Crippen molar-refractivity contribution in [1.29, 1.82) is 0 Å². The third-order valence-electron chi connectivity index (χ3n) is 9.12. The van der Waals surface area contributed by atoms with Crippen LogP contribution in [0.4, 0.5) is 0 Å². The van der Waals surface area contributed by atoms with E-state index >= 15 is 0 Å². The summed E-state index contributed by atoms with van der Waals surface area (Å²) < 4.78 is 44.6. The van der Waals surface area contributed by atoms with Gasteiger partial charge in [-0.05, 0) is 82.3 Å². The fourth-order valence-corrected chi connectivity index (χ4v) is 6.46. The van der Waals surface area contributed by atoms with Crippen molar-refractivity contribution in [2.75, 3.05) is 13.2 Å². The molecular weight excluding hydrogens is 700 g/mol. The molecule has 0 aliphatic carbocycles. The van der Waals surface area contributed by atoms with Gasteiger partial charge in [0.25, 0.3) is 0 Å². The van der Waals surface area contributed by atoms with Crippen molar-refractivity contribution in [2.45, 2.75) is 90.7 Å². The molecule has 4 aromatic rings. The van der Waals surface area contributed by atoms with Crippen LogP contribution >= 0.6 is 0 Å². The van der Waals surface area contributed by atoms with Gasteiger partial charge in [-0.3, -0.25) is 19.6 Å². The summed E-state index contributed by atoms with van der Waals surface area (Å²) in [6.45, 7) is 8.26. The van der Waals surface area contributed by atoms with Gasteiger partial charge in [0, 0.05) is 24.8 Å². The Morgan fingerprint density at radius 3 is 1.42 bits per heavy atom. The fraction of sp³-hybridized carbons (Fsp3) is 0.429. The molecule has 0 fully saturated rings. The number of unbranched alkanes of at least 4 members (excludes halogenated alkanes) is 2. The molecule has 2 aromatic carbocycles. The van der Waals surface area contributed by atoms with Gasteiger partial charge in [0.1, 0.15) is 10.1 Å². The quantitative estimate of drug-likeness (QED) is 0.0615. The summed E-state index contributed by atoms with van der Waals surface area (Å²) in [6, 6.07) is 25.2. The van der Waals surface area contributed by atoms with Crippen molar-refractivity contribution in [3.05, 3.63) is 97.6 Å². The van der Waals surface area contributed by atoms with Crippen LogP contribution < -0.4 is 29.6 Å². The first-order valence-electron chi connectivity index (χ1n) is 18.4. The number of aromatic nitrogens is 2. The van der Waals surface area contributed by atoms with Crippen LogP contribution in [0.25, 0.3) is 33.4 Å². The molecule has 0 amide bonds. The van der Waals surface area contributed by atoms with Crippen molar-refractivity contribution in [1.82, 2.24) is 9.97 Å². The van der Waals surface area contributed by atoms with Crippen LogP contribution in [-0.2, 0) is 29.2 Å². The number of esters is 2. The minimum Gasteiger partial charge on any atom is -0.747 e. The molecule has 9 nitrogen and oxygen atoms in total. The second-order valence-electron chi connectivity index (χ2n) is 12.9. The number of carbonyl (C=O) groups excluding carboxylic acids is 2. The molecule has 0 aliphatic rings. The van der Waals surface area contributed by atoms with Crippen LogP contribution in [0.15, 0.2) is 97.6 Å². The summed E-state index contributed by atoms with van der Waals surface area (Å²) >= 11 is 0. The van der Waals surface area contributed by atoms with E-state index < -0.39 is 33.7 Å². The van der Waals surface area contributed by atoms with E-state index in [0.29, 0.717) is 0 Å². The molecule has 280 valence electrons. The summed E-state index contributed by atoms with van der Waals surface area (Å²) in [4.78, 5) is 32.4. The molecule has 0 radical (unpaired) electrons. The number of nitrogens with zero attached hydrogens (tertiary/aromatic N) is 2. The first-order chi connectivity index (χ1) is 25.1. The van der Waals surface area contributed by atoms with Gasteiger partial charge in [0.2, 0.25) is 0 Å². The molecule has 4 rings (SSSR count). The first-order valence-corrected chi connectivity index (χ1v) is 19.9. The van der Waals surface area contributed by atoms with E-state index in [1.54, 1.807) is 0 Å². The maximum absolute atomic E-state index is 12.1. The topological polar surface area (TPSA) is 136 Å². The minimum absolute atomic E-state index is 0.